The van der Waals surface area contributed by atoms with E-state index < -0.39 is 38.0 Å². The van der Waals surface area contributed by atoms with E-state index in [1.165, 1.54) is 6.07 Å². The number of alkyl halides is 3. The number of carbonyl (C=O) groups is 1. The highest BCUT2D eigenvalue weighted by molar-refractivity contribution is 7.92. The second-order valence-corrected chi connectivity index (χ2v) is 5.41. The third kappa shape index (κ3) is 3.29. The first-order chi connectivity index (χ1) is 7.64. The molecule has 1 aromatic carbocycles. The molecule has 0 aliphatic carbocycles. The highest BCUT2D eigenvalue weighted by Crippen LogP contribution is 2.34. The van der Waals surface area contributed by atoms with Crippen LogP contribution in [-0.2, 0) is 20.8 Å². The van der Waals surface area contributed by atoms with Gasteiger partial charge in [0.15, 0.2) is 9.84 Å². The lowest BCUT2D eigenvalue weighted by atomic mass is 10.2. The molecule has 3 nitrogen and oxygen atoms in total. The number of hydrogen-bond acceptors (Lipinski definition) is 3. The monoisotopic (exact) mass is 266 g/mol. The van der Waals surface area contributed by atoms with Crippen LogP contribution in [0.4, 0.5) is 13.2 Å². The van der Waals surface area contributed by atoms with Crippen molar-refractivity contribution in [2.24, 2.45) is 0 Å². The van der Waals surface area contributed by atoms with Crippen molar-refractivity contribution in [3.05, 3.63) is 29.8 Å². The number of carbonyl (C=O) groups excluding carboxylic acids is 1. The zero-order valence-electron chi connectivity index (χ0n) is 8.78. The number of sulfone groups is 1. The fraction of sp³-hybridized carbons (Fsp3) is 0.300. The molecule has 0 N–H and O–H groups in total. The maximum absolute atomic E-state index is 12.6. The lowest BCUT2D eigenvalue weighted by Crippen LogP contribution is -2.18. The molecule has 0 amide bonds. The van der Waals surface area contributed by atoms with Gasteiger partial charge in [-0.15, -0.1) is 0 Å². The molecule has 0 aliphatic heterocycles. The SMILES string of the molecule is CC(=O)CS(=O)(=O)c1ccccc1C(F)(F)F. The van der Waals surface area contributed by atoms with Crippen LogP contribution in [0.15, 0.2) is 29.2 Å². The van der Waals surface area contributed by atoms with Crippen LogP contribution < -0.4 is 0 Å². The average molecular weight is 266 g/mol. The topological polar surface area (TPSA) is 51.2 Å². The zero-order chi connectivity index (χ0) is 13.3. The molecule has 0 heterocycles. The minimum atomic E-state index is -4.76. The van der Waals surface area contributed by atoms with Crippen molar-refractivity contribution >= 4 is 15.6 Å². The molecule has 0 aliphatic rings. The third-order valence-corrected chi connectivity index (χ3v) is 3.73. The fourth-order valence-corrected chi connectivity index (χ4v) is 2.81. The minimum absolute atomic E-state index is 0.674. The van der Waals surface area contributed by atoms with E-state index in [1.54, 1.807) is 0 Å². The Kier molecular flexibility index (Phi) is 3.61. The first kappa shape index (κ1) is 13.7. The van der Waals surface area contributed by atoms with Crippen molar-refractivity contribution in [2.45, 2.75) is 18.0 Å². The van der Waals surface area contributed by atoms with Gasteiger partial charge in [-0.1, -0.05) is 12.1 Å². The Bertz CT molecular complexity index is 532. The first-order valence-electron chi connectivity index (χ1n) is 4.53. The van der Waals surface area contributed by atoms with E-state index in [9.17, 15) is 26.4 Å². The van der Waals surface area contributed by atoms with Crippen LogP contribution >= 0.6 is 0 Å². The molecule has 94 valence electrons. The van der Waals surface area contributed by atoms with E-state index in [0.717, 1.165) is 19.1 Å². The maximum atomic E-state index is 12.6. The average Bonchev–Trinajstić information content (AvgIpc) is 2.14. The molecule has 0 saturated heterocycles. The smallest absolute Gasteiger partial charge is 0.299 e. The number of halogens is 3. The number of rotatable bonds is 3. The standard InChI is InChI=1S/C10H9F3O3S/c1-7(14)6-17(15,16)9-5-3-2-4-8(9)10(11,12)13/h2-5H,6H2,1H3. The van der Waals surface area contributed by atoms with E-state index in [0.29, 0.717) is 6.07 Å². The van der Waals surface area contributed by atoms with Gasteiger partial charge in [0.05, 0.1) is 10.5 Å². The molecule has 0 atom stereocenters. The lowest BCUT2D eigenvalue weighted by molar-refractivity contribution is -0.139. The van der Waals surface area contributed by atoms with Crippen molar-refractivity contribution in [1.29, 1.82) is 0 Å². The molecule has 0 unspecified atom stereocenters. The molecule has 0 saturated carbocycles. The van der Waals surface area contributed by atoms with Gasteiger partial charge in [0.25, 0.3) is 0 Å². The summed E-state index contributed by atoms with van der Waals surface area (Å²) < 4.78 is 60.9. The summed E-state index contributed by atoms with van der Waals surface area (Å²) >= 11 is 0. The Morgan fingerprint density at radius 2 is 1.76 bits per heavy atom. The summed E-state index contributed by atoms with van der Waals surface area (Å²) in [6.45, 7) is 1.01. The number of Topliss-reactive ketones (excluding diaryl/α,β-unsaturated/α-hetero) is 1. The Labute approximate surface area is 96.2 Å². The summed E-state index contributed by atoms with van der Waals surface area (Å²) in [5.74, 6) is -1.64. The van der Waals surface area contributed by atoms with Gasteiger partial charge in [-0.25, -0.2) is 8.42 Å². The van der Waals surface area contributed by atoms with Gasteiger partial charge in [-0.05, 0) is 19.1 Å². The Balaban J connectivity index is 3.38. The molecule has 1 rings (SSSR count). The van der Waals surface area contributed by atoms with Gasteiger partial charge in [-0.3, -0.25) is 4.79 Å². The Morgan fingerprint density at radius 3 is 2.24 bits per heavy atom. The summed E-state index contributed by atoms with van der Waals surface area (Å²) in [6, 6.07) is 3.80. The molecular weight excluding hydrogens is 257 g/mol. The van der Waals surface area contributed by atoms with Gasteiger partial charge < -0.3 is 0 Å². The van der Waals surface area contributed by atoms with Crippen molar-refractivity contribution in [3.8, 4) is 0 Å². The normalized spacial score (nSPS) is 12.5. The van der Waals surface area contributed by atoms with Crippen LogP contribution in [0.5, 0.6) is 0 Å². The van der Waals surface area contributed by atoms with Crippen molar-refractivity contribution in [3.63, 3.8) is 0 Å². The van der Waals surface area contributed by atoms with Crippen LogP contribution in [0.3, 0.4) is 0 Å². The molecule has 0 spiro atoms. The number of ketones is 1. The van der Waals surface area contributed by atoms with E-state index in [4.69, 9.17) is 0 Å². The van der Waals surface area contributed by atoms with Crippen LogP contribution in [0, 0.1) is 0 Å². The molecule has 0 radical (unpaired) electrons. The second kappa shape index (κ2) is 4.48. The summed E-state index contributed by atoms with van der Waals surface area (Å²) in [6.07, 6.45) is -4.76. The highest BCUT2D eigenvalue weighted by atomic mass is 32.2. The van der Waals surface area contributed by atoms with Crippen LogP contribution in [-0.4, -0.2) is 20.0 Å². The van der Waals surface area contributed by atoms with Crippen molar-refractivity contribution < 1.29 is 26.4 Å². The van der Waals surface area contributed by atoms with Gasteiger partial charge in [0, 0.05) is 0 Å². The predicted octanol–water partition coefficient (Wildman–Crippen LogP) is 2.07. The number of benzene rings is 1. The van der Waals surface area contributed by atoms with Gasteiger partial charge in [0.1, 0.15) is 11.5 Å². The van der Waals surface area contributed by atoms with Crippen molar-refractivity contribution in [2.75, 3.05) is 5.75 Å². The molecule has 7 heteroatoms. The van der Waals surface area contributed by atoms with Gasteiger partial charge in [0.2, 0.25) is 0 Å². The summed E-state index contributed by atoms with van der Waals surface area (Å²) in [4.78, 5) is 9.87. The third-order valence-electron chi connectivity index (χ3n) is 1.92. The minimum Gasteiger partial charge on any atom is -0.299 e. The molecule has 0 bridgehead atoms. The van der Waals surface area contributed by atoms with E-state index >= 15 is 0 Å². The molecule has 1 aromatic rings. The van der Waals surface area contributed by atoms with Gasteiger partial charge in [-0.2, -0.15) is 13.2 Å². The van der Waals surface area contributed by atoms with E-state index in [1.807, 2.05) is 0 Å². The maximum Gasteiger partial charge on any atom is 0.417 e. The summed E-state index contributed by atoms with van der Waals surface area (Å²) in [5.41, 5.74) is -1.25. The van der Waals surface area contributed by atoms with E-state index in [2.05, 4.69) is 0 Å². The Hall–Kier alpha value is -1.37. The van der Waals surface area contributed by atoms with Crippen molar-refractivity contribution in [1.82, 2.24) is 0 Å². The molecule has 17 heavy (non-hydrogen) atoms. The van der Waals surface area contributed by atoms with Crippen LogP contribution in [0.1, 0.15) is 12.5 Å². The molecule has 0 fully saturated rings. The lowest BCUT2D eigenvalue weighted by Gasteiger charge is -2.12. The summed E-state index contributed by atoms with van der Waals surface area (Å²) in [5, 5.41) is 0. The van der Waals surface area contributed by atoms with Crippen LogP contribution in [0.2, 0.25) is 0 Å². The fourth-order valence-electron chi connectivity index (χ4n) is 1.32. The zero-order valence-corrected chi connectivity index (χ0v) is 9.60. The molecular formula is C10H9F3O3S. The van der Waals surface area contributed by atoms with E-state index in [-0.39, 0.29) is 0 Å². The first-order valence-corrected chi connectivity index (χ1v) is 6.18. The largest absolute Gasteiger partial charge is 0.417 e. The Morgan fingerprint density at radius 1 is 1.24 bits per heavy atom. The van der Waals surface area contributed by atoms with Crippen LogP contribution in [0.25, 0.3) is 0 Å². The van der Waals surface area contributed by atoms with Gasteiger partial charge >= 0.3 is 6.18 Å². The summed E-state index contributed by atoms with van der Waals surface area (Å²) in [7, 11) is -4.24. The molecule has 0 aromatic heterocycles. The highest BCUT2D eigenvalue weighted by Gasteiger charge is 2.36. The number of hydrogen-bond donors (Lipinski definition) is 0. The predicted molar refractivity (Wildman–Crippen MR) is 54.2 cm³/mol. The quantitative estimate of drug-likeness (QED) is 0.841. The second-order valence-electron chi connectivity index (χ2n) is 3.46.